The molecule has 0 aliphatic carbocycles. The van der Waals surface area contributed by atoms with Crippen molar-refractivity contribution in [3.05, 3.63) is 0 Å². The zero-order valence-electron chi connectivity index (χ0n) is 9.54. The fourth-order valence-electron chi connectivity index (χ4n) is 2.42. The lowest BCUT2D eigenvalue weighted by Crippen LogP contribution is -2.35. The van der Waals surface area contributed by atoms with Crippen molar-refractivity contribution in [2.24, 2.45) is 0 Å². The quantitative estimate of drug-likeness (QED) is 0.687. The fourth-order valence-corrected chi connectivity index (χ4v) is 2.42. The predicted molar refractivity (Wildman–Crippen MR) is 60.4 cm³/mol. The van der Waals surface area contributed by atoms with E-state index in [4.69, 9.17) is 5.11 Å². The Hall–Kier alpha value is -0.0800. The first-order chi connectivity index (χ1) is 6.88. The van der Waals surface area contributed by atoms with Gasteiger partial charge in [0.15, 0.2) is 0 Å². The van der Waals surface area contributed by atoms with E-state index in [2.05, 4.69) is 11.8 Å². The topological polar surface area (TPSA) is 23.5 Å². The summed E-state index contributed by atoms with van der Waals surface area (Å²) >= 11 is 0. The van der Waals surface area contributed by atoms with Gasteiger partial charge < -0.3 is 10.0 Å². The molecule has 1 rings (SSSR count). The second-order valence-corrected chi connectivity index (χ2v) is 4.38. The highest BCUT2D eigenvalue weighted by molar-refractivity contribution is 4.73. The minimum atomic E-state index is 0.352. The van der Waals surface area contributed by atoms with Crippen LogP contribution in [0.4, 0.5) is 0 Å². The van der Waals surface area contributed by atoms with Gasteiger partial charge in [0.25, 0.3) is 0 Å². The van der Waals surface area contributed by atoms with Crippen LogP contribution in [0.2, 0.25) is 0 Å². The second-order valence-electron chi connectivity index (χ2n) is 4.38. The van der Waals surface area contributed by atoms with Crippen molar-refractivity contribution in [3.63, 3.8) is 0 Å². The number of hydrogen-bond donors (Lipinski definition) is 1. The van der Waals surface area contributed by atoms with Crippen LogP contribution in [0.15, 0.2) is 0 Å². The predicted octanol–water partition coefficient (Wildman–Crippen LogP) is 2.41. The molecule has 1 fully saturated rings. The van der Waals surface area contributed by atoms with Gasteiger partial charge in [0.05, 0.1) is 0 Å². The lowest BCUT2D eigenvalue weighted by atomic mass is 10.1. The molecule has 0 aromatic carbocycles. The number of likely N-dealkylation sites (tertiary alicyclic amines) is 1. The van der Waals surface area contributed by atoms with Gasteiger partial charge in [-0.3, -0.25) is 0 Å². The molecule has 14 heavy (non-hydrogen) atoms. The summed E-state index contributed by atoms with van der Waals surface area (Å²) in [7, 11) is 0. The van der Waals surface area contributed by atoms with Gasteiger partial charge in [0.2, 0.25) is 0 Å². The number of rotatable bonds is 5. The standard InChI is InChI=1S/C12H25NO/c1-2-12-8-4-3-5-9-13(12)10-6-7-11-14/h12,14H,2-11H2,1H3. The molecule has 2 heteroatoms. The molecular formula is C12H25NO. The van der Waals surface area contributed by atoms with Gasteiger partial charge in [0.1, 0.15) is 0 Å². The summed E-state index contributed by atoms with van der Waals surface area (Å²) in [6.45, 7) is 5.13. The van der Waals surface area contributed by atoms with Crippen molar-refractivity contribution >= 4 is 0 Å². The number of aliphatic hydroxyl groups is 1. The monoisotopic (exact) mass is 199 g/mol. The summed E-state index contributed by atoms with van der Waals surface area (Å²) in [5, 5.41) is 8.76. The molecule has 1 aliphatic heterocycles. The number of nitrogens with zero attached hydrogens (tertiary/aromatic N) is 1. The summed E-state index contributed by atoms with van der Waals surface area (Å²) < 4.78 is 0. The third kappa shape index (κ3) is 3.97. The highest BCUT2D eigenvalue weighted by Gasteiger charge is 2.18. The Bertz CT molecular complexity index is 138. The van der Waals surface area contributed by atoms with E-state index in [-0.39, 0.29) is 0 Å². The highest BCUT2D eigenvalue weighted by atomic mass is 16.2. The van der Waals surface area contributed by atoms with Crippen molar-refractivity contribution < 1.29 is 5.11 Å². The van der Waals surface area contributed by atoms with Crippen molar-refractivity contribution in [1.82, 2.24) is 4.90 Å². The summed E-state index contributed by atoms with van der Waals surface area (Å²) in [5.74, 6) is 0. The molecule has 0 aromatic rings. The molecule has 1 aliphatic rings. The largest absolute Gasteiger partial charge is 0.396 e. The summed E-state index contributed by atoms with van der Waals surface area (Å²) in [4.78, 5) is 2.64. The molecule has 1 unspecified atom stereocenters. The van der Waals surface area contributed by atoms with Gasteiger partial charge in [-0.2, -0.15) is 0 Å². The lowest BCUT2D eigenvalue weighted by Gasteiger charge is -2.28. The maximum Gasteiger partial charge on any atom is 0.0431 e. The van der Waals surface area contributed by atoms with Crippen molar-refractivity contribution in [1.29, 1.82) is 0 Å². The van der Waals surface area contributed by atoms with Gasteiger partial charge in [-0.15, -0.1) is 0 Å². The smallest absolute Gasteiger partial charge is 0.0431 e. The van der Waals surface area contributed by atoms with Gasteiger partial charge in [0, 0.05) is 12.6 Å². The number of aliphatic hydroxyl groups excluding tert-OH is 1. The average molecular weight is 199 g/mol. The van der Waals surface area contributed by atoms with E-state index in [1.807, 2.05) is 0 Å². The number of hydrogen-bond acceptors (Lipinski definition) is 2. The first-order valence-electron chi connectivity index (χ1n) is 6.23. The molecule has 0 radical (unpaired) electrons. The Morgan fingerprint density at radius 3 is 2.79 bits per heavy atom. The van der Waals surface area contributed by atoms with E-state index in [0.29, 0.717) is 6.61 Å². The van der Waals surface area contributed by atoms with Crippen LogP contribution in [-0.2, 0) is 0 Å². The van der Waals surface area contributed by atoms with Crippen LogP contribution in [0.3, 0.4) is 0 Å². The van der Waals surface area contributed by atoms with Crippen LogP contribution in [0.5, 0.6) is 0 Å². The molecule has 0 bridgehead atoms. The van der Waals surface area contributed by atoms with Gasteiger partial charge in [-0.05, 0) is 45.2 Å². The lowest BCUT2D eigenvalue weighted by molar-refractivity contribution is 0.183. The molecule has 0 aromatic heterocycles. The van der Waals surface area contributed by atoms with Crippen molar-refractivity contribution in [3.8, 4) is 0 Å². The van der Waals surface area contributed by atoms with Gasteiger partial charge in [-0.25, -0.2) is 0 Å². The molecular weight excluding hydrogens is 174 g/mol. The summed E-state index contributed by atoms with van der Waals surface area (Å²) in [5.41, 5.74) is 0. The van der Waals surface area contributed by atoms with Crippen molar-refractivity contribution in [2.75, 3.05) is 19.7 Å². The van der Waals surface area contributed by atoms with E-state index in [1.165, 1.54) is 45.2 Å². The zero-order valence-corrected chi connectivity index (χ0v) is 9.54. The third-order valence-electron chi connectivity index (χ3n) is 3.32. The van der Waals surface area contributed by atoms with Crippen LogP contribution in [0.25, 0.3) is 0 Å². The van der Waals surface area contributed by atoms with E-state index in [9.17, 15) is 0 Å². The SMILES string of the molecule is CCC1CCCCCN1CCCCO. The fraction of sp³-hybridized carbons (Fsp3) is 1.00. The second kappa shape index (κ2) is 7.24. The molecule has 0 saturated carbocycles. The zero-order chi connectivity index (χ0) is 10.2. The van der Waals surface area contributed by atoms with Crippen molar-refractivity contribution in [2.45, 2.75) is 57.9 Å². The first kappa shape index (κ1) is 12.0. The third-order valence-corrected chi connectivity index (χ3v) is 3.32. The molecule has 1 N–H and O–H groups in total. The van der Waals surface area contributed by atoms with Crippen LogP contribution in [-0.4, -0.2) is 35.7 Å². The minimum Gasteiger partial charge on any atom is -0.396 e. The average Bonchev–Trinajstić information content (AvgIpc) is 2.43. The minimum absolute atomic E-state index is 0.352. The molecule has 2 nitrogen and oxygen atoms in total. The Morgan fingerprint density at radius 1 is 1.21 bits per heavy atom. The van der Waals surface area contributed by atoms with E-state index < -0.39 is 0 Å². The molecule has 1 heterocycles. The Labute approximate surface area is 88.3 Å². The molecule has 1 atom stereocenters. The Morgan fingerprint density at radius 2 is 2.07 bits per heavy atom. The normalized spacial score (nSPS) is 24.9. The highest BCUT2D eigenvalue weighted by Crippen LogP contribution is 2.19. The van der Waals surface area contributed by atoms with Crippen LogP contribution >= 0.6 is 0 Å². The van der Waals surface area contributed by atoms with Crippen LogP contribution in [0.1, 0.15) is 51.9 Å². The maximum atomic E-state index is 8.76. The summed E-state index contributed by atoms with van der Waals surface area (Å²) in [6.07, 6.45) is 8.99. The summed E-state index contributed by atoms with van der Waals surface area (Å²) in [6, 6.07) is 0.816. The molecule has 1 saturated heterocycles. The molecule has 0 amide bonds. The van der Waals surface area contributed by atoms with Crippen LogP contribution in [0, 0.1) is 0 Å². The molecule has 0 spiro atoms. The van der Waals surface area contributed by atoms with Gasteiger partial charge in [-0.1, -0.05) is 19.8 Å². The van der Waals surface area contributed by atoms with E-state index >= 15 is 0 Å². The number of unbranched alkanes of at least 4 members (excludes halogenated alkanes) is 1. The maximum absolute atomic E-state index is 8.76. The first-order valence-corrected chi connectivity index (χ1v) is 6.23. The molecule has 84 valence electrons. The van der Waals surface area contributed by atoms with E-state index in [1.54, 1.807) is 0 Å². The Balaban J connectivity index is 2.28. The Kier molecular flexibility index (Phi) is 6.20. The van der Waals surface area contributed by atoms with E-state index in [0.717, 1.165) is 18.9 Å². The van der Waals surface area contributed by atoms with Gasteiger partial charge >= 0.3 is 0 Å². The van der Waals surface area contributed by atoms with Crippen LogP contribution < -0.4 is 0 Å².